The van der Waals surface area contributed by atoms with Crippen molar-refractivity contribution in [3.05, 3.63) is 0 Å². The zero-order valence-corrected chi connectivity index (χ0v) is 31.4. The van der Waals surface area contributed by atoms with E-state index in [2.05, 4.69) is 16.4 Å². The molecule has 17 nitrogen and oxygen atoms in total. The van der Waals surface area contributed by atoms with Crippen molar-refractivity contribution in [3.63, 3.8) is 0 Å². The lowest BCUT2D eigenvalue weighted by atomic mass is 9.97. The molecule has 0 spiro atoms. The number of carbonyl (C=O) groups is 7. The van der Waals surface area contributed by atoms with E-state index in [0.717, 1.165) is 32.1 Å². The van der Waals surface area contributed by atoms with Crippen molar-refractivity contribution in [2.45, 2.75) is 158 Å². The Morgan fingerprint density at radius 2 is 1.00 bits per heavy atom. The number of piperidine rings is 3. The molecule has 0 radical (unpaired) electrons. The predicted molar refractivity (Wildman–Crippen MR) is 178 cm³/mol. The third kappa shape index (κ3) is 8.90. The number of carbonyl (C=O) groups excluding carboxylic acids is 7. The first-order valence-corrected chi connectivity index (χ1v) is 17.9. The van der Waals surface area contributed by atoms with Gasteiger partial charge in [0, 0.05) is 24.5 Å². The summed E-state index contributed by atoms with van der Waals surface area (Å²) in [4.78, 5) is 92.3. The zero-order valence-electron chi connectivity index (χ0n) is 30.7. The molecule has 6 rings (SSSR count). The average Bonchev–Trinajstić information content (AvgIpc) is 3.82. The summed E-state index contributed by atoms with van der Waals surface area (Å²) in [6, 6.07) is -3.20. The van der Waals surface area contributed by atoms with Crippen molar-refractivity contribution < 1.29 is 71.4 Å². The minimum absolute atomic E-state index is 0. The van der Waals surface area contributed by atoms with Crippen LogP contribution in [0.3, 0.4) is 0 Å². The number of nitrogens with one attached hydrogen (secondary N) is 2. The number of nitrogens with zero attached hydrogens (tertiary/aromatic N) is 3. The highest BCUT2D eigenvalue weighted by molar-refractivity contribution is 5.96. The second kappa shape index (κ2) is 17.4. The van der Waals surface area contributed by atoms with Gasteiger partial charge < -0.3 is 63.2 Å². The van der Waals surface area contributed by atoms with Gasteiger partial charge in [-0.2, -0.15) is 0 Å². The SMILES string of the molecule is COC(=O)[C@@H]1CC[C@@H]2CC[C@@H](NC(=O)[C@@H]3CC[C@@H]4CC[C@@H](NC(=O)OC(C)(C)C)C(=O)N43)C(=O)N21.COC(=O)[C@@H]1CC[C@@H]2CC[C@@H]([NH3+])C(=O)N21.O.[Cl-]. The van der Waals surface area contributed by atoms with Crippen molar-refractivity contribution in [2.75, 3.05) is 14.2 Å². The van der Waals surface area contributed by atoms with Crippen LogP contribution in [0, 0.1) is 0 Å². The third-order valence-electron chi connectivity index (χ3n) is 10.9. The molecule has 6 aliphatic heterocycles. The number of amides is 5. The Morgan fingerprint density at radius 3 is 1.46 bits per heavy atom. The molecule has 5 amide bonds. The number of methoxy groups -OCH3 is 2. The predicted octanol–water partition coefficient (Wildman–Crippen LogP) is -4.05. The molecule has 0 bridgehead atoms. The molecule has 52 heavy (non-hydrogen) atoms. The lowest BCUT2D eigenvalue weighted by molar-refractivity contribution is -0.410. The van der Waals surface area contributed by atoms with Gasteiger partial charge in [-0.25, -0.2) is 14.4 Å². The molecule has 6 heterocycles. The Balaban J connectivity index is 0.000000360. The number of hydrogen-bond donors (Lipinski definition) is 3. The molecule has 0 aromatic carbocycles. The van der Waals surface area contributed by atoms with Gasteiger partial charge in [0.1, 0.15) is 35.8 Å². The van der Waals surface area contributed by atoms with Crippen LogP contribution < -0.4 is 28.8 Å². The Hall–Kier alpha value is -3.70. The largest absolute Gasteiger partial charge is 1.00 e. The Kier molecular flexibility index (Phi) is 14.3. The van der Waals surface area contributed by atoms with Crippen LogP contribution in [-0.4, -0.2) is 136 Å². The fourth-order valence-electron chi connectivity index (χ4n) is 8.53. The van der Waals surface area contributed by atoms with E-state index in [1.54, 1.807) is 35.5 Å². The van der Waals surface area contributed by atoms with E-state index in [0.29, 0.717) is 44.9 Å². The van der Waals surface area contributed by atoms with E-state index in [1.165, 1.54) is 14.2 Å². The highest BCUT2D eigenvalue weighted by Gasteiger charge is 2.50. The summed E-state index contributed by atoms with van der Waals surface area (Å²) in [7, 11) is 2.67. The number of quaternary nitrogens is 1. The first kappa shape index (κ1) is 42.7. The molecule has 6 saturated heterocycles. The van der Waals surface area contributed by atoms with Crippen molar-refractivity contribution >= 4 is 41.7 Å². The maximum Gasteiger partial charge on any atom is 0.408 e. The summed E-state index contributed by atoms with van der Waals surface area (Å²) in [5, 5.41) is 5.50. The van der Waals surface area contributed by atoms with Crippen LogP contribution in [0.5, 0.6) is 0 Å². The molecule has 18 heteroatoms. The van der Waals surface area contributed by atoms with Crippen LogP contribution in [0.4, 0.5) is 4.79 Å². The van der Waals surface area contributed by atoms with E-state index < -0.39 is 41.8 Å². The molecule has 294 valence electrons. The molecule has 7 N–H and O–H groups in total. The second-order valence-corrected chi connectivity index (χ2v) is 15.2. The molecular weight excluding hydrogens is 704 g/mol. The zero-order chi connectivity index (χ0) is 36.5. The lowest BCUT2D eigenvalue weighted by Crippen LogP contribution is -3.00. The molecule has 0 saturated carbocycles. The quantitative estimate of drug-likeness (QED) is 0.181. The normalized spacial score (nSPS) is 32.1. The van der Waals surface area contributed by atoms with Crippen molar-refractivity contribution in [2.24, 2.45) is 0 Å². The van der Waals surface area contributed by atoms with Gasteiger partial charge in [-0.05, 0) is 91.4 Å². The first-order valence-electron chi connectivity index (χ1n) is 17.9. The molecule has 6 aliphatic rings. The summed E-state index contributed by atoms with van der Waals surface area (Å²) < 4.78 is 14.9. The van der Waals surface area contributed by atoms with Crippen LogP contribution in [0.15, 0.2) is 0 Å². The molecule has 6 fully saturated rings. The molecular formula is C34H55ClN6O11. The molecule has 0 aromatic rings. The summed E-state index contributed by atoms with van der Waals surface area (Å²) >= 11 is 0. The number of fused-ring (bicyclic) bond motifs is 3. The van der Waals surface area contributed by atoms with Crippen LogP contribution >= 0.6 is 0 Å². The highest BCUT2D eigenvalue weighted by atomic mass is 35.5. The number of alkyl carbamates (subject to hydrolysis) is 1. The van der Waals surface area contributed by atoms with Crippen LogP contribution in [0.25, 0.3) is 0 Å². The van der Waals surface area contributed by atoms with Gasteiger partial charge in [-0.1, -0.05) is 0 Å². The molecule has 0 unspecified atom stereocenters. The summed E-state index contributed by atoms with van der Waals surface area (Å²) in [6.07, 6.45) is 7.63. The van der Waals surface area contributed by atoms with Gasteiger partial charge in [0.25, 0.3) is 5.91 Å². The third-order valence-corrected chi connectivity index (χ3v) is 10.9. The van der Waals surface area contributed by atoms with Gasteiger partial charge >= 0.3 is 18.0 Å². The van der Waals surface area contributed by atoms with Crippen molar-refractivity contribution in [3.8, 4) is 0 Å². The van der Waals surface area contributed by atoms with Gasteiger partial charge in [-0.15, -0.1) is 0 Å². The standard InChI is InChI=1S/C24H36N4O7.C10H16N2O3.ClH.H2O/c1-24(2,3)35-23(33)26-16-10-6-13-7-11-17(27(13)21(16)31)19(29)25-15-9-5-14-8-12-18(22(32)34-4)28(14)20(15)30;1-15-10(14)8-5-3-6-2-4-7(11)9(13)12(6)8;;/h13-18H,5-12H2,1-4H3,(H,25,29)(H,26,33);6-8H,2-5,11H2,1H3;1H;1H2/t13-,14-,15+,16+,17-,18-;6-,7+,8-;;/m00../s1. The maximum absolute atomic E-state index is 13.3. The Bertz CT molecular complexity index is 1380. The topological polar surface area (TPSA) is 240 Å². The molecule has 0 aliphatic carbocycles. The number of halogens is 1. The molecule has 9 atom stereocenters. The minimum Gasteiger partial charge on any atom is -1.00 e. The van der Waals surface area contributed by atoms with Gasteiger partial charge in [0.15, 0.2) is 6.04 Å². The van der Waals surface area contributed by atoms with Gasteiger partial charge in [0.05, 0.1) is 14.2 Å². The van der Waals surface area contributed by atoms with Gasteiger partial charge in [0.2, 0.25) is 17.7 Å². The van der Waals surface area contributed by atoms with Crippen LogP contribution in [-0.2, 0) is 43.0 Å². The number of esters is 2. The molecule has 0 aromatic heterocycles. The van der Waals surface area contributed by atoms with E-state index in [9.17, 15) is 33.6 Å². The number of ether oxygens (including phenoxy) is 3. The monoisotopic (exact) mass is 758 g/mol. The smallest absolute Gasteiger partial charge is 0.408 e. The second-order valence-electron chi connectivity index (χ2n) is 15.2. The lowest BCUT2D eigenvalue weighted by Gasteiger charge is -2.40. The summed E-state index contributed by atoms with van der Waals surface area (Å²) in [6.45, 7) is 5.24. The van der Waals surface area contributed by atoms with E-state index in [4.69, 9.17) is 14.2 Å². The first-order chi connectivity index (χ1) is 23.6. The number of rotatable bonds is 5. The Morgan fingerprint density at radius 1 is 0.615 bits per heavy atom. The van der Waals surface area contributed by atoms with E-state index >= 15 is 0 Å². The average molecular weight is 759 g/mol. The fourth-order valence-corrected chi connectivity index (χ4v) is 8.53. The van der Waals surface area contributed by atoms with E-state index in [-0.39, 0.29) is 77.7 Å². The van der Waals surface area contributed by atoms with Crippen molar-refractivity contribution in [1.82, 2.24) is 25.3 Å². The number of hydrogen-bond acceptors (Lipinski definition) is 10. The fraction of sp³-hybridized carbons (Fsp3) is 0.794. The van der Waals surface area contributed by atoms with Gasteiger partial charge in [-0.3, -0.25) is 19.2 Å². The van der Waals surface area contributed by atoms with Crippen LogP contribution in [0.2, 0.25) is 0 Å². The van der Waals surface area contributed by atoms with E-state index in [1.807, 2.05) is 0 Å². The Labute approximate surface area is 310 Å². The summed E-state index contributed by atoms with van der Waals surface area (Å²) in [5.74, 6) is -1.66. The minimum atomic E-state index is -0.753. The maximum atomic E-state index is 13.3. The highest BCUT2D eigenvalue weighted by Crippen LogP contribution is 2.36. The summed E-state index contributed by atoms with van der Waals surface area (Å²) in [5.41, 5.74) is 3.13. The van der Waals surface area contributed by atoms with Crippen molar-refractivity contribution in [1.29, 1.82) is 0 Å². The van der Waals surface area contributed by atoms with Crippen LogP contribution in [0.1, 0.15) is 97.8 Å².